The summed E-state index contributed by atoms with van der Waals surface area (Å²) in [6, 6.07) is 37.8. The second kappa shape index (κ2) is 10.4. The predicted molar refractivity (Wildman–Crippen MR) is 140 cm³/mol. The van der Waals surface area contributed by atoms with Gasteiger partial charge >= 0.3 is 0 Å². The van der Waals surface area contributed by atoms with Crippen LogP contribution in [-0.4, -0.2) is 0 Å². The van der Waals surface area contributed by atoms with Crippen molar-refractivity contribution in [2.45, 2.75) is 0 Å². The van der Waals surface area contributed by atoms with Crippen molar-refractivity contribution >= 4 is 24.3 Å². The molecule has 0 aliphatic carbocycles. The third-order valence-corrected chi connectivity index (χ3v) is 5.69. The highest BCUT2D eigenvalue weighted by Crippen LogP contribution is 2.12. The fourth-order valence-electron chi connectivity index (χ4n) is 3.75. The van der Waals surface area contributed by atoms with E-state index in [0.717, 1.165) is 11.4 Å². The lowest BCUT2D eigenvalue weighted by Gasteiger charge is -1.98. The van der Waals surface area contributed by atoms with Gasteiger partial charge in [0.15, 0.2) is 24.8 Å². The smallest absolute Gasteiger partial charge is 0.167 e. The molecule has 0 spiro atoms. The normalized spacial score (nSPS) is 11.3. The lowest BCUT2D eigenvalue weighted by atomic mass is 10.1. The van der Waals surface area contributed by atoms with E-state index in [0.29, 0.717) is 0 Å². The molecule has 34 heavy (non-hydrogen) atoms. The zero-order chi connectivity index (χ0) is 23.0. The van der Waals surface area contributed by atoms with Crippen molar-refractivity contribution in [2.75, 3.05) is 0 Å². The molecule has 0 N–H and O–H groups in total. The minimum absolute atomic E-state index is 1.16. The number of hydrogen-bond acceptors (Lipinski definition) is 0. The van der Waals surface area contributed by atoms with E-state index in [9.17, 15) is 0 Å². The van der Waals surface area contributed by atoms with Crippen LogP contribution in [0.4, 0.5) is 0 Å². The molecule has 0 unspecified atom stereocenters. The first kappa shape index (κ1) is 21.3. The second-order valence-corrected chi connectivity index (χ2v) is 8.08. The van der Waals surface area contributed by atoms with E-state index in [1.807, 2.05) is 12.1 Å². The Morgan fingerprint density at radius 1 is 0.324 bits per heavy atom. The lowest BCUT2D eigenvalue weighted by molar-refractivity contribution is -0.596. The van der Waals surface area contributed by atoms with Gasteiger partial charge in [-0.1, -0.05) is 85.0 Å². The maximum atomic E-state index is 2.15. The molecule has 2 aromatic heterocycles. The zero-order valence-electron chi connectivity index (χ0n) is 18.9. The summed E-state index contributed by atoms with van der Waals surface area (Å²) in [6.07, 6.45) is 17.0. The van der Waals surface area contributed by atoms with Gasteiger partial charge in [-0.05, 0) is 22.3 Å². The Kier molecular flexibility index (Phi) is 6.50. The van der Waals surface area contributed by atoms with Crippen molar-refractivity contribution in [3.8, 4) is 11.4 Å². The molecule has 162 valence electrons. The molecule has 3 aromatic carbocycles. The van der Waals surface area contributed by atoms with Gasteiger partial charge in [-0.15, -0.1) is 0 Å². The highest BCUT2D eigenvalue weighted by molar-refractivity contribution is 5.72. The Bertz CT molecular complexity index is 1270. The third-order valence-electron chi connectivity index (χ3n) is 5.69. The zero-order valence-corrected chi connectivity index (χ0v) is 18.9. The monoisotopic (exact) mass is 438 g/mol. The van der Waals surface area contributed by atoms with E-state index in [1.54, 1.807) is 0 Å². The van der Waals surface area contributed by atoms with Gasteiger partial charge < -0.3 is 0 Å². The van der Waals surface area contributed by atoms with Crippen LogP contribution in [0.2, 0.25) is 0 Å². The fourth-order valence-corrected chi connectivity index (χ4v) is 3.75. The van der Waals surface area contributed by atoms with E-state index in [2.05, 4.69) is 155 Å². The Morgan fingerprint density at radius 3 is 0.941 bits per heavy atom. The first-order valence-electron chi connectivity index (χ1n) is 11.4. The quantitative estimate of drug-likeness (QED) is 0.265. The van der Waals surface area contributed by atoms with Gasteiger partial charge in [-0.2, -0.15) is 9.13 Å². The van der Waals surface area contributed by atoms with E-state index < -0.39 is 0 Å². The van der Waals surface area contributed by atoms with Crippen molar-refractivity contribution in [1.29, 1.82) is 0 Å². The number of pyridine rings is 2. The summed E-state index contributed by atoms with van der Waals surface area (Å²) in [5, 5.41) is 0. The number of nitrogens with zero attached hydrogens (tertiary/aromatic N) is 2. The van der Waals surface area contributed by atoms with Crippen LogP contribution in [0.25, 0.3) is 35.7 Å². The molecule has 0 aliphatic heterocycles. The molecule has 0 aliphatic rings. The molecule has 0 amide bonds. The molecule has 2 nitrogen and oxygen atoms in total. The Hall–Kier alpha value is -4.56. The standard InChI is InChI=1S/C32H26N2/c1-3-7-31(8-4-1)33-23-19-29(20-24-33)17-15-27-11-13-28(14-12-27)16-18-30-21-25-34(26-22-30)32-9-5-2-6-10-32/h1-26H/q+2/b17-15+,18-16+. The van der Waals surface area contributed by atoms with Crippen molar-refractivity contribution in [3.05, 3.63) is 156 Å². The third kappa shape index (κ3) is 5.43. The molecule has 0 atom stereocenters. The van der Waals surface area contributed by atoms with Crippen LogP contribution in [0.5, 0.6) is 0 Å². The van der Waals surface area contributed by atoms with Crippen LogP contribution in [0.15, 0.2) is 134 Å². The molecule has 0 radical (unpaired) electrons. The summed E-state index contributed by atoms with van der Waals surface area (Å²) in [5.41, 5.74) is 7.03. The van der Waals surface area contributed by atoms with Gasteiger partial charge in [-0.25, -0.2) is 0 Å². The molecular formula is C32H26N2+2. The fraction of sp³-hybridized carbons (Fsp3) is 0. The number of rotatable bonds is 6. The average molecular weight is 439 g/mol. The first-order chi connectivity index (χ1) is 16.8. The minimum atomic E-state index is 1.16. The molecule has 5 rings (SSSR count). The largest absolute Gasteiger partial charge is 0.210 e. The van der Waals surface area contributed by atoms with Crippen molar-refractivity contribution in [2.24, 2.45) is 0 Å². The van der Waals surface area contributed by atoms with Crippen LogP contribution in [-0.2, 0) is 0 Å². The summed E-state index contributed by atoms with van der Waals surface area (Å²) >= 11 is 0. The topological polar surface area (TPSA) is 7.76 Å². The number of benzene rings is 3. The summed E-state index contributed by atoms with van der Waals surface area (Å²) < 4.78 is 4.23. The van der Waals surface area contributed by atoms with Crippen LogP contribution in [0.1, 0.15) is 22.3 Å². The molecule has 2 heteroatoms. The molecular weight excluding hydrogens is 412 g/mol. The Morgan fingerprint density at radius 2 is 0.618 bits per heavy atom. The van der Waals surface area contributed by atoms with Gasteiger partial charge in [0.05, 0.1) is 0 Å². The first-order valence-corrected chi connectivity index (χ1v) is 11.4. The van der Waals surface area contributed by atoms with Crippen LogP contribution < -0.4 is 9.13 Å². The molecule has 0 saturated carbocycles. The number of para-hydroxylation sites is 2. The van der Waals surface area contributed by atoms with E-state index in [1.165, 1.54) is 22.3 Å². The minimum Gasteiger partial charge on any atom is -0.167 e. The van der Waals surface area contributed by atoms with Gasteiger partial charge in [0, 0.05) is 48.5 Å². The van der Waals surface area contributed by atoms with E-state index in [4.69, 9.17) is 0 Å². The number of aromatic nitrogens is 2. The Labute approximate surface area is 201 Å². The van der Waals surface area contributed by atoms with Gasteiger partial charge in [0.25, 0.3) is 0 Å². The van der Waals surface area contributed by atoms with Crippen molar-refractivity contribution < 1.29 is 9.13 Å². The SMILES string of the molecule is C(=C\c1cc[n+](-c2ccccc2)cc1)/c1ccc(/C=C/c2cc[n+](-c3ccccc3)cc2)cc1. The van der Waals surface area contributed by atoms with Crippen LogP contribution >= 0.6 is 0 Å². The maximum absolute atomic E-state index is 2.15. The van der Waals surface area contributed by atoms with E-state index in [-0.39, 0.29) is 0 Å². The molecule has 0 saturated heterocycles. The maximum Gasteiger partial charge on any atom is 0.210 e. The summed E-state index contributed by atoms with van der Waals surface area (Å²) in [7, 11) is 0. The highest BCUT2D eigenvalue weighted by atomic mass is 14.9. The molecule has 2 heterocycles. The van der Waals surface area contributed by atoms with Gasteiger partial charge in [-0.3, -0.25) is 0 Å². The van der Waals surface area contributed by atoms with Crippen molar-refractivity contribution in [3.63, 3.8) is 0 Å². The lowest BCUT2D eigenvalue weighted by Crippen LogP contribution is -2.28. The van der Waals surface area contributed by atoms with Crippen LogP contribution in [0.3, 0.4) is 0 Å². The molecule has 0 bridgehead atoms. The molecule has 5 aromatic rings. The highest BCUT2D eigenvalue weighted by Gasteiger charge is 2.04. The molecule has 0 fully saturated rings. The summed E-state index contributed by atoms with van der Waals surface area (Å²) in [5.74, 6) is 0. The average Bonchev–Trinajstić information content (AvgIpc) is 2.93. The second-order valence-electron chi connectivity index (χ2n) is 8.08. The Balaban J connectivity index is 1.21. The van der Waals surface area contributed by atoms with Crippen molar-refractivity contribution in [1.82, 2.24) is 0 Å². The number of hydrogen-bond donors (Lipinski definition) is 0. The van der Waals surface area contributed by atoms with Gasteiger partial charge in [0.1, 0.15) is 0 Å². The summed E-state index contributed by atoms with van der Waals surface area (Å²) in [6.45, 7) is 0. The van der Waals surface area contributed by atoms with E-state index >= 15 is 0 Å². The van der Waals surface area contributed by atoms with Gasteiger partial charge in [0.2, 0.25) is 11.4 Å². The van der Waals surface area contributed by atoms with Crippen LogP contribution in [0, 0.1) is 0 Å². The predicted octanol–water partition coefficient (Wildman–Crippen LogP) is 6.58. The summed E-state index contributed by atoms with van der Waals surface area (Å²) in [4.78, 5) is 0.